The third kappa shape index (κ3) is 4.75. The lowest BCUT2D eigenvalue weighted by Gasteiger charge is -2.41. The van der Waals surface area contributed by atoms with Crippen molar-refractivity contribution in [3.63, 3.8) is 0 Å². The zero-order chi connectivity index (χ0) is 28.0. The molecule has 0 aliphatic carbocycles. The summed E-state index contributed by atoms with van der Waals surface area (Å²) >= 11 is 0. The number of nitriles is 1. The van der Waals surface area contributed by atoms with Gasteiger partial charge < -0.3 is 9.47 Å². The van der Waals surface area contributed by atoms with E-state index in [1.54, 1.807) is 19.2 Å². The molecule has 11 nitrogen and oxygen atoms in total. The van der Waals surface area contributed by atoms with Gasteiger partial charge >= 0.3 is 6.18 Å². The second-order valence-corrected chi connectivity index (χ2v) is 10.1. The molecule has 0 spiro atoms. The van der Waals surface area contributed by atoms with Crippen LogP contribution in [0.2, 0.25) is 0 Å². The van der Waals surface area contributed by atoms with Crippen molar-refractivity contribution in [3.05, 3.63) is 53.2 Å². The van der Waals surface area contributed by atoms with Crippen molar-refractivity contribution < 1.29 is 22.6 Å². The Labute approximate surface area is 227 Å². The summed E-state index contributed by atoms with van der Waals surface area (Å²) in [4.78, 5) is 2.46. The maximum atomic E-state index is 13.2. The fourth-order valence-corrected chi connectivity index (χ4v) is 5.26. The SMILES string of the molecule is Cc1c(-c2cc(O[C@@H](C)c3cc(C(F)(F)F)cnn3)c3c(C#N)cnn3c2)nnn1C1CCN(C2COC2)CC1. The average molecular weight is 554 g/mol. The van der Waals surface area contributed by atoms with Gasteiger partial charge in [-0.25, -0.2) is 9.20 Å². The van der Waals surface area contributed by atoms with Crippen molar-refractivity contribution in [2.45, 2.75) is 51.1 Å². The van der Waals surface area contributed by atoms with Crippen molar-refractivity contribution in [2.24, 2.45) is 0 Å². The monoisotopic (exact) mass is 553 g/mol. The van der Waals surface area contributed by atoms with Crippen molar-refractivity contribution >= 4 is 5.52 Å². The number of halogens is 3. The van der Waals surface area contributed by atoms with Crippen LogP contribution in [0.15, 0.2) is 30.7 Å². The van der Waals surface area contributed by atoms with Crippen LogP contribution in [0.4, 0.5) is 13.2 Å². The Morgan fingerprint density at radius 1 is 1.12 bits per heavy atom. The first kappa shape index (κ1) is 26.1. The van der Waals surface area contributed by atoms with Gasteiger partial charge in [0, 0.05) is 24.8 Å². The Hall–Kier alpha value is -4.09. The Balaban J connectivity index is 1.30. The van der Waals surface area contributed by atoms with E-state index in [2.05, 4.69) is 36.6 Å². The number of fused-ring (bicyclic) bond motifs is 1. The predicted octanol–water partition coefficient (Wildman–Crippen LogP) is 3.76. The fourth-order valence-electron chi connectivity index (χ4n) is 5.26. The maximum absolute atomic E-state index is 13.2. The standard InChI is InChI=1S/C26H26F3N9O2/c1-15-24(34-35-38(15)20-3-5-36(6-4-20)21-13-39-14-21)17-7-23(25-18(9-30)10-32-37(25)12-17)40-16(2)22-8-19(11-31-33-22)26(27,28)29/h7-8,10-12,16,20-21H,3-6,13-14H2,1-2H3/t16-/m0/s1. The van der Waals surface area contributed by atoms with Crippen LogP contribution < -0.4 is 4.74 Å². The molecule has 0 saturated carbocycles. The summed E-state index contributed by atoms with van der Waals surface area (Å²) in [6.07, 6.45) is 0.240. The highest BCUT2D eigenvalue weighted by atomic mass is 19.4. The van der Waals surface area contributed by atoms with E-state index < -0.39 is 17.8 Å². The van der Waals surface area contributed by atoms with Gasteiger partial charge in [-0.2, -0.15) is 33.7 Å². The Bertz CT molecular complexity index is 1580. The first-order chi connectivity index (χ1) is 19.2. The molecule has 0 radical (unpaired) electrons. The summed E-state index contributed by atoms with van der Waals surface area (Å²) in [6, 6.07) is 5.42. The minimum absolute atomic E-state index is 0.00154. The van der Waals surface area contributed by atoms with Gasteiger partial charge in [-0.3, -0.25) is 4.90 Å². The Morgan fingerprint density at radius 2 is 1.90 bits per heavy atom. The number of alkyl halides is 3. The number of pyridine rings is 1. The first-order valence-electron chi connectivity index (χ1n) is 12.9. The lowest BCUT2D eigenvalue weighted by Crippen LogP contribution is -2.52. The summed E-state index contributed by atoms with van der Waals surface area (Å²) in [7, 11) is 0. The van der Waals surface area contributed by atoms with Crippen LogP contribution >= 0.6 is 0 Å². The number of aromatic nitrogens is 7. The second-order valence-electron chi connectivity index (χ2n) is 10.1. The fraction of sp³-hybridized carbons (Fsp3) is 0.462. The van der Waals surface area contributed by atoms with E-state index in [1.165, 1.54) is 10.7 Å². The van der Waals surface area contributed by atoms with Gasteiger partial charge in [0.25, 0.3) is 0 Å². The largest absolute Gasteiger partial charge is 0.482 e. The highest BCUT2D eigenvalue weighted by molar-refractivity contribution is 5.74. The average Bonchev–Trinajstić information content (AvgIpc) is 3.51. The molecule has 1 atom stereocenters. The van der Waals surface area contributed by atoms with Gasteiger partial charge in [0.1, 0.15) is 40.4 Å². The number of rotatable bonds is 6. The number of hydrogen-bond acceptors (Lipinski definition) is 9. The Kier molecular flexibility index (Phi) is 6.63. The van der Waals surface area contributed by atoms with Crippen LogP contribution in [-0.2, 0) is 10.9 Å². The zero-order valence-corrected chi connectivity index (χ0v) is 21.8. The molecule has 4 aromatic heterocycles. The number of ether oxygens (including phenoxy) is 2. The molecule has 0 bridgehead atoms. The van der Waals surface area contributed by atoms with Crippen molar-refractivity contribution in [3.8, 4) is 23.1 Å². The third-order valence-electron chi connectivity index (χ3n) is 7.60. The number of likely N-dealkylation sites (tertiary alicyclic amines) is 1. The van der Waals surface area contributed by atoms with Crippen molar-refractivity contribution in [1.82, 2.24) is 39.7 Å². The minimum Gasteiger partial charge on any atom is -0.482 e. The molecule has 2 fully saturated rings. The second kappa shape index (κ2) is 10.1. The van der Waals surface area contributed by atoms with E-state index in [0.717, 1.165) is 50.9 Å². The predicted molar refractivity (Wildman–Crippen MR) is 134 cm³/mol. The molecule has 0 N–H and O–H groups in total. The van der Waals surface area contributed by atoms with Crippen LogP contribution in [0, 0.1) is 18.3 Å². The minimum atomic E-state index is -4.57. The molecule has 14 heteroatoms. The molecule has 6 rings (SSSR count). The highest BCUT2D eigenvalue weighted by Crippen LogP contribution is 2.35. The van der Waals surface area contributed by atoms with Gasteiger partial charge in [-0.05, 0) is 38.8 Å². The van der Waals surface area contributed by atoms with Crippen molar-refractivity contribution in [2.75, 3.05) is 26.3 Å². The van der Waals surface area contributed by atoms with Crippen LogP contribution in [0.1, 0.15) is 54.4 Å². The molecule has 2 aliphatic heterocycles. The first-order valence-corrected chi connectivity index (χ1v) is 12.9. The zero-order valence-electron chi connectivity index (χ0n) is 21.8. The highest BCUT2D eigenvalue weighted by Gasteiger charge is 2.33. The van der Waals surface area contributed by atoms with Crippen molar-refractivity contribution in [1.29, 1.82) is 5.26 Å². The van der Waals surface area contributed by atoms with Gasteiger partial charge in [-0.15, -0.1) is 5.10 Å². The molecule has 208 valence electrons. The molecule has 6 heterocycles. The summed E-state index contributed by atoms with van der Waals surface area (Å²) in [5, 5.41) is 30.2. The molecular formula is C26H26F3N9O2. The molecule has 0 aromatic carbocycles. The number of nitrogens with zero attached hydrogens (tertiary/aromatic N) is 9. The number of hydrogen-bond donors (Lipinski definition) is 0. The van der Waals surface area contributed by atoms with Gasteiger partial charge in [0.15, 0.2) is 0 Å². The summed E-state index contributed by atoms with van der Waals surface area (Å²) < 4.78 is 54.6. The van der Waals surface area contributed by atoms with Crippen LogP contribution in [0.5, 0.6) is 5.75 Å². The number of piperidine rings is 1. The summed E-state index contributed by atoms with van der Waals surface area (Å²) in [5.41, 5.74) is 1.86. The Morgan fingerprint density at radius 3 is 2.58 bits per heavy atom. The molecule has 40 heavy (non-hydrogen) atoms. The molecule has 2 aliphatic rings. The van der Waals surface area contributed by atoms with E-state index in [9.17, 15) is 18.4 Å². The van der Waals surface area contributed by atoms with E-state index in [4.69, 9.17) is 9.47 Å². The maximum Gasteiger partial charge on any atom is 0.418 e. The quantitative estimate of drug-likeness (QED) is 0.352. The van der Waals surface area contributed by atoms with E-state index in [0.29, 0.717) is 29.0 Å². The van der Waals surface area contributed by atoms with Gasteiger partial charge in [0.2, 0.25) is 0 Å². The van der Waals surface area contributed by atoms with Crippen LogP contribution in [0.25, 0.3) is 16.8 Å². The van der Waals surface area contributed by atoms with E-state index in [-0.39, 0.29) is 23.0 Å². The molecular weight excluding hydrogens is 527 g/mol. The molecule has 2 saturated heterocycles. The third-order valence-corrected chi connectivity index (χ3v) is 7.60. The normalized spacial score (nSPS) is 18.0. The van der Waals surface area contributed by atoms with Gasteiger partial charge in [-0.1, -0.05) is 5.21 Å². The summed E-state index contributed by atoms with van der Waals surface area (Å²) in [6.45, 7) is 7.06. The lowest BCUT2D eigenvalue weighted by atomic mass is 10.0. The molecule has 4 aromatic rings. The van der Waals surface area contributed by atoms with Crippen LogP contribution in [-0.4, -0.2) is 72.1 Å². The lowest BCUT2D eigenvalue weighted by molar-refractivity contribution is -0.138. The van der Waals surface area contributed by atoms with E-state index >= 15 is 0 Å². The summed E-state index contributed by atoms with van der Waals surface area (Å²) in [5.74, 6) is 0.253. The van der Waals surface area contributed by atoms with Crippen LogP contribution in [0.3, 0.4) is 0 Å². The molecule has 0 unspecified atom stereocenters. The smallest absolute Gasteiger partial charge is 0.418 e. The van der Waals surface area contributed by atoms with E-state index in [1.807, 2.05) is 11.6 Å². The molecule has 0 amide bonds. The topological polar surface area (TPSA) is 119 Å². The van der Waals surface area contributed by atoms with Gasteiger partial charge in [0.05, 0.1) is 48.9 Å².